The van der Waals surface area contributed by atoms with E-state index < -0.39 is 5.82 Å². The molecular formula is C15H17BrFN3O2. The van der Waals surface area contributed by atoms with Gasteiger partial charge in [-0.15, -0.1) is 0 Å². The predicted molar refractivity (Wildman–Crippen MR) is 85.5 cm³/mol. The molecule has 0 spiro atoms. The number of ether oxygens (including phenoxy) is 1. The summed E-state index contributed by atoms with van der Waals surface area (Å²) in [5.74, 6) is -0.257. The lowest BCUT2D eigenvalue weighted by Crippen LogP contribution is -2.23. The number of carbonyl (C=O) groups is 1. The topological polar surface area (TPSA) is 56.2 Å². The van der Waals surface area contributed by atoms with Gasteiger partial charge in [0.2, 0.25) is 0 Å². The van der Waals surface area contributed by atoms with Gasteiger partial charge in [0.1, 0.15) is 5.82 Å². The molecular weight excluding hydrogens is 353 g/mol. The number of aromatic nitrogens is 2. The fraction of sp³-hybridized carbons (Fsp3) is 0.333. The van der Waals surface area contributed by atoms with Crippen LogP contribution >= 0.6 is 15.9 Å². The highest BCUT2D eigenvalue weighted by Crippen LogP contribution is 2.21. The summed E-state index contributed by atoms with van der Waals surface area (Å²) in [4.78, 5) is 11.9. The SMILES string of the molecule is CCC(C)n1nccc1NC(=O)COc1ccc(Br)cc1F. The van der Waals surface area contributed by atoms with Crippen LogP contribution in [0.5, 0.6) is 5.75 Å². The van der Waals surface area contributed by atoms with Gasteiger partial charge in [0.15, 0.2) is 18.2 Å². The molecule has 118 valence electrons. The van der Waals surface area contributed by atoms with Gasteiger partial charge < -0.3 is 10.1 Å². The number of nitrogens with zero attached hydrogens (tertiary/aromatic N) is 2. The van der Waals surface area contributed by atoms with E-state index in [1.807, 2.05) is 13.8 Å². The van der Waals surface area contributed by atoms with Crippen LogP contribution in [0.4, 0.5) is 10.2 Å². The Kier molecular flexibility index (Phi) is 5.54. The molecule has 0 aliphatic carbocycles. The first kappa shape index (κ1) is 16.5. The van der Waals surface area contributed by atoms with Crippen molar-refractivity contribution >= 4 is 27.7 Å². The summed E-state index contributed by atoms with van der Waals surface area (Å²) in [5, 5.41) is 6.89. The average molecular weight is 370 g/mol. The lowest BCUT2D eigenvalue weighted by Gasteiger charge is -2.14. The van der Waals surface area contributed by atoms with E-state index in [9.17, 15) is 9.18 Å². The molecule has 1 atom stereocenters. The molecule has 1 aromatic carbocycles. The Bertz CT molecular complexity index is 660. The normalized spacial score (nSPS) is 12.0. The highest BCUT2D eigenvalue weighted by atomic mass is 79.9. The highest BCUT2D eigenvalue weighted by Gasteiger charge is 2.12. The molecule has 0 aliphatic rings. The zero-order valence-corrected chi connectivity index (χ0v) is 13.9. The summed E-state index contributed by atoms with van der Waals surface area (Å²) in [5.41, 5.74) is 0. The Morgan fingerprint density at radius 3 is 2.95 bits per heavy atom. The number of carbonyl (C=O) groups excluding carboxylic acids is 1. The molecule has 2 rings (SSSR count). The van der Waals surface area contributed by atoms with Gasteiger partial charge in [-0.05, 0) is 31.5 Å². The minimum atomic E-state index is -0.521. The Balaban J connectivity index is 1.95. The minimum Gasteiger partial charge on any atom is -0.481 e. The standard InChI is InChI=1S/C15H17BrFN3O2/c1-3-10(2)20-14(6-7-18-20)19-15(21)9-22-13-5-4-11(16)8-12(13)17/h4-8,10H,3,9H2,1-2H3,(H,19,21). The van der Waals surface area contributed by atoms with Gasteiger partial charge in [-0.3, -0.25) is 4.79 Å². The molecule has 1 amide bonds. The number of rotatable bonds is 6. The van der Waals surface area contributed by atoms with E-state index in [1.165, 1.54) is 12.1 Å². The van der Waals surface area contributed by atoms with Gasteiger partial charge in [-0.25, -0.2) is 9.07 Å². The molecule has 1 aromatic heterocycles. The van der Waals surface area contributed by atoms with E-state index in [4.69, 9.17) is 4.74 Å². The van der Waals surface area contributed by atoms with Crippen LogP contribution in [-0.4, -0.2) is 22.3 Å². The number of halogens is 2. The number of hydrogen-bond acceptors (Lipinski definition) is 3. The largest absolute Gasteiger partial charge is 0.481 e. The lowest BCUT2D eigenvalue weighted by molar-refractivity contribution is -0.118. The summed E-state index contributed by atoms with van der Waals surface area (Å²) in [6.45, 7) is 3.78. The molecule has 0 saturated carbocycles. The van der Waals surface area contributed by atoms with Crippen LogP contribution in [0.2, 0.25) is 0 Å². The van der Waals surface area contributed by atoms with Crippen molar-refractivity contribution in [3.8, 4) is 5.75 Å². The first-order valence-electron chi connectivity index (χ1n) is 6.92. The van der Waals surface area contributed by atoms with Gasteiger partial charge in [0.05, 0.1) is 12.2 Å². The number of hydrogen-bond donors (Lipinski definition) is 1. The quantitative estimate of drug-likeness (QED) is 0.842. The van der Waals surface area contributed by atoms with Gasteiger partial charge in [-0.1, -0.05) is 22.9 Å². The van der Waals surface area contributed by atoms with Crippen molar-refractivity contribution in [3.63, 3.8) is 0 Å². The second-order valence-corrected chi connectivity index (χ2v) is 5.75. The number of benzene rings is 1. The van der Waals surface area contributed by atoms with E-state index in [0.29, 0.717) is 10.3 Å². The molecule has 0 aliphatic heterocycles. The maximum absolute atomic E-state index is 13.6. The molecule has 1 unspecified atom stereocenters. The molecule has 22 heavy (non-hydrogen) atoms. The molecule has 0 bridgehead atoms. The fourth-order valence-corrected chi connectivity index (χ4v) is 2.19. The second kappa shape index (κ2) is 7.40. The third-order valence-electron chi connectivity index (χ3n) is 3.20. The Hall–Kier alpha value is -1.89. The van der Waals surface area contributed by atoms with Crippen molar-refractivity contribution in [2.75, 3.05) is 11.9 Å². The molecule has 7 heteroatoms. The second-order valence-electron chi connectivity index (χ2n) is 4.83. The van der Waals surface area contributed by atoms with E-state index in [2.05, 4.69) is 26.3 Å². The molecule has 0 radical (unpaired) electrons. The van der Waals surface area contributed by atoms with Crippen LogP contribution in [0.1, 0.15) is 26.3 Å². The third kappa shape index (κ3) is 4.07. The molecule has 5 nitrogen and oxygen atoms in total. The van der Waals surface area contributed by atoms with Crippen molar-refractivity contribution in [2.45, 2.75) is 26.3 Å². The maximum atomic E-state index is 13.6. The predicted octanol–water partition coefficient (Wildman–Crippen LogP) is 3.77. The minimum absolute atomic E-state index is 0.0359. The number of nitrogens with one attached hydrogen (secondary N) is 1. The van der Waals surface area contributed by atoms with E-state index in [1.54, 1.807) is 23.0 Å². The van der Waals surface area contributed by atoms with Crippen LogP contribution in [0.15, 0.2) is 34.9 Å². The van der Waals surface area contributed by atoms with Gasteiger partial charge >= 0.3 is 0 Å². The van der Waals surface area contributed by atoms with Crippen LogP contribution in [0.25, 0.3) is 0 Å². The Morgan fingerprint density at radius 2 is 2.27 bits per heavy atom. The van der Waals surface area contributed by atoms with Crippen molar-refractivity contribution in [1.29, 1.82) is 0 Å². The number of anilines is 1. The summed E-state index contributed by atoms with van der Waals surface area (Å²) in [7, 11) is 0. The highest BCUT2D eigenvalue weighted by molar-refractivity contribution is 9.10. The van der Waals surface area contributed by atoms with Crippen molar-refractivity contribution in [1.82, 2.24) is 9.78 Å². The van der Waals surface area contributed by atoms with Crippen molar-refractivity contribution in [3.05, 3.63) is 40.8 Å². The van der Waals surface area contributed by atoms with E-state index in [0.717, 1.165) is 6.42 Å². The maximum Gasteiger partial charge on any atom is 0.263 e. The van der Waals surface area contributed by atoms with Crippen LogP contribution in [0.3, 0.4) is 0 Å². The van der Waals surface area contributed by atoms with Crippen LogP contribution in [-0.2, 0) is 4.79 Å². The average Bonchev–Trinajstić information content (AvgIpc) is 2.93. The lowest BCUT2D eigenvalue weighted by atomic mass is 10.3. The summed E-state index contributed by atoms with van der Waals surface area (Å²) < 4.78 is 21.1. The van der Waals surface area contributed by atoms with Crippen LogP contribution < -0.4 is 10.1 Å². The smallest absolute Gasteiger partial charge is 0.263 e. The first-order chi connectivity index (χ1) is 10.5. The first-order valence-corrected chi connectivity index (χ1v) is 7.71. The molecule has 0 fully saturated rings. The monoisotopic (exact) mass is 369 g/mol. The fourth-order valence-electron chi connectivity index (χ4n) is 1.85. The summed E-state index contributed by atoms with van der Waals surface area (Å²) >= 11 is 3.16. The van der Waals surface area contributed by atoms with Gasteiger partial charge in [-0.2, -0.15) is 5.10 Å². The molecule has 0 saturated heterocycles. The number of amides is 1. The summed E-state index contributed by atoms with van der Waals surface area (Å²) in [6.07, 6.45) is 2.52. The molecule has 1 heterocycles. The van der Waals surface area contributed by atoms with E-state index in [-0.39, 0.29) is 24.3 Å². The zero-order chi connectivity index (χ0) is 16.1. The summed E-state index contributed by atoms with van der Waals surface area (Å²) in [6, 6.07) is 6.29. The Morgan fingerprint density at radius 1 is 1.50 bits per heavy atom. The van der Waals surface area contributed by atoms with Crippen molar-refractivity contribution in [2.24, 2.45) is 0 Å². The van der Waals surface area contributed by atoms with Crippen LogP contribution in [0, 0.1) is 5.82 Å². The Labute approximate surface area is 136 Å². The zero-order valence-electron chi connectivity index (χ0n) is 12.3. The van der Waals surface area contributed by atoms with E-state index >= 15 is 0 Å². The van der Waals surface area contributed by atoms with Gasteiger partial charge in [0.25, 0.3) is 5.91 Å². The third-order valence-corrected chi connectivity index (χ3v) is 3.69. The molecule has 1 N–H and O–H groups in total. The van der Waals surface area contributed by atoms with Crippen molar-refractivity contribution < 1.29 is 13.9 Å². The van der Waals surface area contributed by atoms with Gasteiger partial charge in [0, 0.05) is 10.5 Å². The molecule has 2 aromatic rings.